The minimum atomic E-state index is -0.473. The minimum absolute atomic E-state index is 0.0739. The number of hydrogen-bond donors (Lipinski definition) is 2. The number of carbonyl (C=O) groups excluding carboxylic acids is 1. The van der Waals surface area contributed by atoms with Gasteiger partial charge in [-0.15, -0.1) is 0 Å². The lowest BCUT2D eigenvalue weighted by molar-refractivity contribution is -0.124. The second kappa shape index (κ2) is 4.61. The molecule has 1 aliphatic heterocycles. The van der Waals surface area contributed by atoms with E-state index in [1.165, 1.54) is 0 Å². The van der Waals surface area contributed by atoms with Crippen LogP contribution in [0, 0.1) is 12.8 Å². The van der Waals surface area contributed by atoms with Gasteiger partial charge in [0.15, 0.2) is 5.82 Å². The Hall–Kier alpha value is -1.40. The number of β-amino-alcohol motifs (C(OH)–C–C–N with tert-alkyl or cyclic N) is 1. The van der Waals surface area contributed by atoms with E-state index in [0.717, 1.165) is 12.8 Å². The van der Waals surface area contributed by atoms with Gasteiger partial charge in [-0.25, -0.2) is 0 Å². The fraction of sp³-hybridized carbons (Fsp3) is 0.692. The van der Waals surface area contributed by atoms with Crippen LogP contribution in [0.1, 0.15) is 25.0 Å². The van der Waals surface area contributed by atoms with Crippen molar-refractivity contribution in [2.24, 2.45) is 5.92 Å². The lowest BCUT2D eigenvalue weighted by Gasteiger charge is -2.47. The zero-order valence-electron chi connectivity index (χ0n) is 11.1. The van der Waals surface area contributed by atoms with Gasteiger partial charge >= 0.3 is 0 Å². The third kappa shape index (κ3) is 2.79. The van der Waals surface area contributed by atoms with Gasteiger partial charge in [0.1, 0.15) is 5.76 Å². The van der Waals surface area contributed by atoms with Crippen LogP contribution in [0.3, 0.4) is 0 Å². The molecular formula is C13H19N3O3. The van der Waals surface area contributed by atoms with Crippen molar-refractivity contribution >= 4 is 11.7 Å². The molecule has 0 atom stereocenters. The van der Waals surface area contributed by atoms with Crippen molar-refractivity contribution in [1.82, 2.24) is 10.1 Å². The molecule has 1 aromatic heterocycles. The molecule has 6 nitrogen and oxygen atoms in total. The van der Waals surface area contributed by atoms with Crippen LogP contribution >= 0.6 is 0 Å². The molecule has 1 saturated carbocycles. The van der Waals surface area contributed by atoms with Crippen molar-refractivity contribution in [2.45, 2.75) is 31.8 Å². The number of hydrogen-bond acceptors (Lipinski definition) is 5. The molecule has 0 bridgehead atoms. The molecule has 0 aromatic carbocycles. The van der Waals surface area contributed by atoms with Crippen LogP contribution in [-0.2, 0) is 4.79 Å². The molecule has 6 heteroatoms. The van der Waals surface area contributed by atoms with Gasteiger partial charge in [0.2, 0.25) is 5.91 Å². The summed E-state index contributed by atoms with van der Waals surface area (Å²) in [6.45, 7) is 3.86. The number of aryl methyl sites for hydroxylation is 1. The zero-order chi connectivity index (χ0) is 13.5. The van der Waals surface area contributed by atoms with E-state index in [2.05, 4.69) is 15.4 Å². The number of amides is 1. The molecule has 2 aliphatic rings. The summed E-state index contributed by atoms with van der Waals surface area (Å²) in [5.41, 5.74) is -0.473. The quantitative estimate of drug-likeness (QED) is 0.822. The number of aliphatic hydroxyl groups is 1. The molecule has 3 rings (SSSR count). The SMILES string of the molecule is Cc1cc(NC(=O)CCN2CC(O)(C3CC3)C2)no1. The summed E-state index contributed by atoms with van der Waals surface area (Å²) < 4.78 is 4.88. The van der Waals surface area contributed by atoms with Gasteiger partial charge in [-0.05, 0) is 25.7 Å². The summed E-state index contributed by atoms with van der Waals surface area (Å²) in [5, 5.41) is 16.6. The van der Waals surface area contributed by atoms with Crippen LogP contribution in [0.15, 0.2) is 10.6 Å². The smallest absolute Gasteiger partial charge is 0.226 e. The van der Waals surface area contributed by atoms with Crippen molar-refractivity contribution in [3.05, 3.63) is 11.8 Å². The minimum Gasteiger partial charge on any atom is -0.387 e. The summed E-state index contributed by atoms with van der Waals surface area (Å²) in [7, 11) is 0. The second-order valence-electron chi connectivity index (χ2n) is 5.71. The maximum Gasteiger partial charge on any atom is 0.226 e. The first kappa shape index (κ1) is 12.6. The number of rotatable bonds is 5. The number of anilines is 1. The summed E-state index contributed by atoms with van der Waals surface area (Å²) in [6.07, 6.45) is 2.71. The number of carbonyl (C=O) groups is 1. The van der Waals surface area contributed by atoms with Crippen molar-refractivity contribution in [2.75, 3.05) is 25.0 Å². The van der Waals surface area contributed by atoms with E-state index < -0.39 is 5.60 Å². The molecule has 2 fully saturated rings. The molecule has 1 aromatic rings. The highest BCUT2D eigenvalue weighted by Crippen LogP contribution is 2.44. The Bertz CT molecular complexity index is 475. The van der Waals surface area contributed by atoms with Crippen LogP contribution < -0.4 is 5.32 Å². The topological polar surface area (TPSA) is 78.6 Å². The number of nitrogens with zero attached hydrogens (tertiary/aromatic N) is 2. The molecule has 1 amide bonds. The monoisotopic (exact) mass is 265 g/mol. The largest absolute Gasteiger partial charge is 0.387 e. The van der Waals surface area contributed by atoms with Crippen LogP contribution in [0.5, 0.6) is 0 Å². The van der Waals surface area contributed by atoms with Crippen LogP contribution in [0.25, 0.3) is 0 Å². The summed E-state index contributed by atoms with van der Waals surface area (Å²) in [4.78, 5) is 13.8. The predicted octanol–water partition coefficient (Wildman–Crippen LogP) is 0.768. The second-order valence-corrected chi connectivity index (χ2v) is 5.71. The summed E-state index contributed by atoms with van der Waals surface area (Å²) >= 11 is 0. The van der Waals surface area contributed by atoms with Gasteiger partial charge in [0.05, 0.1) is 5.60 Å². The van der Waals surface area contributed by atoms with Gasteiger partial charge in [-0.1, -0.05) is 5.16 Å². The van der Waals surface area contributed by atoms with Gasteiger partial charge in [-0.2, -0.15) is 0 Å². The average Bonchev–Trinajstić information content (AvgIpc) is 3.09. The van der Waals surface area contributed by atoms with E-state index in [1.807, 2.05) is 0 Å². The Kier molecular flexibility index (Phi) is 3.06. The van der Waals surface area contributed by atoms with E-state index in [9.17, 15) is 9.90 Å². The van der Waals surface area contributed by atoms with Gasteiger partial charge in [-0.3, -0.25) is 9.69 Å². The first-order valence-corrected chi connectivity index (χ1v) is 6.73. The van der Waals surface area contributed by atoms with E-state index in [1.54, 1.807) is 13.0 Å². The molecular weight excluding hydrogens is 246 g/mol. The van der Waals surface area contributed by atoms with Crippen LogP contribution in [0.2, 0.25) is 0 Å². The van der Waals surface area contributed by atoms with E-state index in [4.69, 9.17) is 4.52 Å². The van der Waals surface area contributed by atoms with E-state index >= 15 is 0 Å². The number of aromatic nitrogens is 1. The van der Waals surface area contributed by atoms with Gasteiger partial charge in [0.25, 0.3) is 0 Å². The molecule has 0 spiro atoms. The third-order valence-corrected chi connectivity index (χ3v) is 3.88. The maximum atomic E-state index is 11.7. The average molecular weight is 265 g/mol. The molecule has 2 N–H and O–H groups in total. The van der Waals surface area contributed by atoms with Crippen molar-refractivity contribution in [1.29, 1.82) is 0 Å². The molecule has 1 saturated heterocycles. The lowest BCUT2D eigenvalue weighted by atomic mass is 9.88. The zero-order valence-corrected chi connectivity index (χ0v) is 11.1. The first-order chi connectivity index (χ1) is 9.05. The third-order valence-electron chi connectivity index (χ3n) is 3.88. The van der Waals surface area contributed by atoms with E-state index in [0.29, 0.717) is 43.6 Å². The fourth-order valence-corrected chi connectivity index (χ4v) is 2.66. The molecule has 104 valence electrons. The van der Waals surface area contributed by atoms with Gasteiger partial charge < -0.3 is 14.9 Å². The first-order valence-electron chi connectivity index (χ1n) is 6.73. The highest BCUT2D eigenvalue weighted by Gasteiger charge is 2.51. The maximum absolute atomic E-state index is 11.7. The Balaban J connectivity index is 1.37. The Labute approximate surface area is 111 Å². The number of likely N-dealkylation sites (tertiary alicyclic amines) is 1. The summed E-state index contributed by atoms with van der Waals surface area (Å²) in [6, 6.07) is 1.69. The molecule has 1 aliphatic carbocycles. The highest BCUT2D eigenvalue weighted by atomic mass is 16.5. The van der Waals surface area contributed by atoms with E-state index in [-0.39, 0.29) is 5.91 Å². The van der Waals surface area contributed by atoms with Crippen molar-refractivity contribution < 1.29 is 14.4 Å². The lowest BCUT2D eigenvalue weighted by Crippen LogP contribution is -2.63. The fourth-order valence-electron chi connectivity index (χ4n) is 2.66. The highest BCUT2D eigenvalue weighted by molar-refractivity contribution is 5.89. The predicted molar refractivity (Wildman–Crippen MR) is 68.6 cm³/mol. The van der Waals surface area contributed by atoms with Gasteiger partial charge in [0, 0.05) is 32.1 Å². The standard InChI is InChI=1S/C13H19N3O3/c1-9-6-11(15-19-9)14-12(17)4-5-16-7-13(18,8-16)10-2-3-10/h6,10,18H,2-5,7-8H2,1H3,(H,14,15,17). The summed E-state index contributed by atoms with van der Waals surface area (Å²) in [5.74, 6) is 1.55. The van der Waals surface area contributed by atoms with Crippen LogP contribution in [0.4, 0.5) is 5.82 Å². The van der Waals surface area contributed by atoms with Crippen molar-refractivity contribution in [3.8, 4) is 0 Å². The molecule has 2 heterocycles. The Morgan fingerprint density at radius 3 is 2.95 bits per heavy atom. The Morgan fingerprint density at radius 2 is 2.37 bits per heavy atom. The van der Waals surface area contributed by atoms with Crippen LogP contribution in [-0.4, -0.2) is 46.3 Å². The molecule has 19 heavy (non-hydrogen) atoms. The number of nitrogens with one attached hydrogen (secondary N) is 1. The Morgan fingerprint density at radius 1 is 1.63 bits per heavy atom. The van der Waals surface area contributed by atoms with Crippen molar-refractivity contribution in [3.63, 3.8) is 0 Å². The molecule has 0 unspecified atom stereocenters. The normalized spacial score (nSPS) is 22.0. The molecule has 0 radical (unpaired) electrons.